The predicted molar refractivity (Wildman–Crippen MR) is 53.1 cm³/mol. The monoisotopic (exact) mass is 346 g/mol. The fourth-order valence-electron chi connectivity index (χ4n) is 0.556. The molecule has 0 aliphatic rings. The maximum atomic E-state index is 2.30. The van der Waals surface area contributed by atoms with Crippen LogP contribution in [0.5, 0.6) is 0 Å². The third kappa shape index (κ3) is 2.03. The van der Waals surface area contributed by atoms with Crippen molar-refractivity contribution in [1.29, 1.82) is 0 Å². The third-order valence-electron chi connectivity index (χ3n) is 1.03. The van der Waals surface area contributed by atoms with Gasteiger partial charge in [-0.2, -0.15) is 4.57 Å². The van der Waals surface area contributed by atoms with Crippen LogP contribution in [-0.2, 0) is 7.05 Å². The zero-order valence-electron chi connectivity index (χ0n) is 4.94. The van der Waals surface area contributed by atoms with Gasteiger partial charge >= 0.3 is 0 Å². The Morgan fingerprint density at radius 3 is 2.44 bits per heavy atom. The summed E-state index contributed by atoms with van der Waals surface area (Å²) in [6.07, 6.45) is 2.10. The molecule has 1 heterocycles. The van der Waals surface area contributed by atoms with Gasteiger partial charge in [-0.3, -0.25) is 0 Å². The van der Waals surface area contributed by atoms with E-state index in [1.165, 1.54) is 7.27 Å². The van der Waals surface area contributed by atoms with Gasteiger partial charge in [-0.15, -0.1) is 0 Å². The molecule has 0 unspecified atom stereocenters. The molecular formula is C6H6I2N+. The summed E-state index contributed by atoms with van der Waals surface area (Å²) in [4.78, 5) is 0. The third-order valence-corrected chi connectivity index (χ3v) is 2.79. The van der Waals surface area contributed by atoms with Gasteiger partial charge in [-0.05, 0) is 28.7 Å². The second-order valence-electron chi connectivity index (χ2n) is 1.78. The number of nitrogens with zero attached hydrogens (tertiary/aromatic N) is 1. The maximum Gasteiger partial charge on any atom is 0.241 e. The minimum absolute atomic E-state index is 1.26. The van der Waals surface area contributed by atoms with E-state index in [2.05, 4.69) is 68.1 Å². The van der Waals surface area contributed by atoms with E-state index in [1.807, 2.05) is 7.05 Å². The van der Waals surface area contributed by atoms with Crippen LogP contribution in [0.1, 0.15) is 0 Å². The van der Waals surface area contributed by atoms with Gasteiger partial charge in [-0.1, -0.05) is 0 Å². The molecule has 0 saturated heterocycles. The quantitative estimate of drug-likeness (QED) is 0.383. The lowest BCUT2D eigenvalue weighted by molar-refractivity contribution is -0.684. The molecule has 0 aliphatic carbocycles. The van der Waals surface area contributed by atoms with E-state index in [1.54, 1.807) is 0 Å². The molecule has 1 aromatic rings. The number of hydrogen-bond donors (Lipinski definition) is 0. The first-order valence-corrected chi connectivity index (χ1v) is 4.66. The number of aryl methyl sites for hydroxylation is 1. The molecule has 48 valence electrons. The molecule has 3 heteroatoms. The molecule has 0 saturated carbocycles. The molecule has 0 spiro atoms. The molecule has 1 aromatic heterocycles. The van der Waals surface area contributed by atoms with Crippen LogP contribution >= 0.6 is 45.2 Å². The van der Waals surface area contributed by atoms with Crippen LogP contribution in [0, 0.1) is 7.27 Å². The normalized spacial score (nSPS) is 9.67. The number of pyridine rings is 1. The molecule has 0 fully saturated rings. The van der Waals surface area contributed by atoms with Gasteiger partial charge < -0.3 is 0 Å². The zero-order valence-corrected chi connectivity index (χ0v) is 9.25. The summed E-state index contributed by atoms with van der Waals surface area (Å²) in [5, 5.41) is 0. The Morgan fingerprint density at radius 1 is 1.33 bits per heavy atom. The number of aromatic nitrogens is 1. The summed E-state index contributed by atoms with van der Waals surface area (Å²) in [5.74, 6) is 0. The number of halogens is 2. The second-order valence-corrected chi connectivity index (χ2v) is 4.13. The molecule has 0 N–H and O–H groups in total. The first-order chi connectivity index (χ1) is 4.20. The molecule has 0 atom stereocenters. The van der Waals surface area contributed by atoms with Crippen LogP contribution in [0.4, 0.5) is 0 Å². The van der Waals surface area contributed by atoms with Gasteiger partial charge in [0.2, 0.25) is 3.70 Å². The average molecular weight is 346 g/mol. The second kappa shape index (κ2) is 3.14. The van der Waals surface area contributed by atoms with E-state index in [-0.39, 0.29) is 0 Å². The first kappa shape index (κ1) is 7.71. The van der Waals surface area contributed by atoms with Crippen LogP contribution in [0.3, 0.4) is 0 Å². The van der Waals surface area contributed by atoms with Gasteiger partial charge in [0.25, 0.3) is 0 Å². The van der Waals surface area contributed by atoms with Crippen molar-refractivity contribution in [1.82, 2.24) is 0 Å². The standard InChI is InChI=1S/C6H6I2N/c1-9-4-5(7)2-3-6(9)8/h2-4H,1H3/q+1. The minimum atomic E-state index is 1.26. The van der Waals surface area contributed by atoms with Crippen molar-refractivity contribution in [3.63, 3.8) is 0 Å². The maximum absolute atomic E-state index is 2.30. The van der Waals surface area contributed by atoms with Crippen LogP contribution in [0.25, 0.3) is 0 Å². The summed E-state index contributed by atoms with van der Waals surface area (Å²) in [6, 6.07) is 4.20. The Balaban J connectivity index is 3.17. The van der Waals surface area contributed by atoms with E-state index in [4.69, 9.17) is 0 Å². The summed E-state index contributed by atoms with van der Waals surface area (Å²) in [5.41, 5.74) is 0. The van der Waals surface area contributed by atoms with E-state index < -0.39 is 0 Å². The summed E-state index contributed by atoms with van der Waals surface area (Å²) in [6.45, 7) is 0. The SMILES string of the molecule is C[n+]1cc(I)ccc1I. The van der Waals surface area contributed by atoms with Gasteiger partial charge in [0.15, 0.2) is 6.20 Å². The molecular weight excluding hydrogens is 340 g/mol. The fraction of sp³-hybridized carbons (Fsp3) is 0.167. The van der Waals surface area contributed by atoms with Crippen molar-refractivity contribution in [3.8, 4) is 0 Å². The van der Waals surface area contributed by atoms with Crippen LogP contribution in [-0.4, -0.2) is 0 Å². The lowest BCUT2D eigenvalue weighted by Gasteiger charge is -1.89. The van der Waals surface area contributed by atoms with E-state index in [0.29, 0.717) is 0 Å². The van der Waals surface area contributed by atoms with Crippen molar-refractivity contribution in [2.24, 2.45) is 7.05 Å². The lowest BCUT2D eigenvalue weighted by Crippen LogP contribution is -2.31. The topological polar surface area (TPSA) is 3.88 Å². The van der Waals surface area contributed by atoms with Crippen LogP contribution in [0.15, 0.2) is 18.3 Å². The Hall–Kier alpha value is 0.610. The Labute approximate surface area is 81.7 Å². The van der Waals surface area contributed by atoms with E-state index in [0.717, 1.165) is 0 Å². The van der Waals surface area contributed by atoms with Crippen molar-refractivity contribution < 1.29 is 4.57 Å². The molecule has 0 amide bonds. The summed E-state index contributed by atoms with van der Waals surface area (Å²) in [7, 11) is 2.05. The van der Waals surface area contributed by atoms with Crippen molar-refractivity contribution >= 4 is 45.2 Å². The van der Waals surface area contributed by atoms with E-state index in [9.17, 15) is 0 Å². The van der Waals surface area contributed by atoms with Crippen molar-refractivity contribution in [2.45, 2.75) is 0 Å². The highest BCUT2D eigenvalue weighted by Crippen LogP contribution is 2.02. The molecule has 9 heavy (non-hydrogen) atoms. The molecule has 0 aromatic carbocycles. The van der Waals surface area contributed by atoms with Crippen LogP contribution < -0.4 is 4.57 Å². The molecule has 0 radical (unpaired) electrons. The van der Waals surface area contributed by atoms with Crippen LogP contribution in [0.2, 0.25) is 0 Å². The Kier molecular flexibility index (Phi) is 2.69. The van der Waals surface area contributed by atoms with Crippen molar-refractivity contribution in [2.75, 3.05) is 0 Å². The fourth-order valence-corrected chi connectivity index (χ4v) is 1.47. The molecule has 1 nitrogen and oxygen atoms in total. The molecule has 0 bridgehead atoms. The average Bonchev–Trinajstić information content (AvgIpc) is 1.80. The Bertz CT molecular complexity index is 222. The van der Waals surface area contributed by atoms with E-state index >= 15 is 0 Å². The highest BCUT2D eigenvalue weighted by atomic mass is 127. The van der Waals surface area contributed by atoms with Crippen molar-refractivity contribution in [3.05, 3.63) is 25.6 Å². The molecule has 1 rings (SSSR count). The minimum Gasteiger partial charge on any atom is -0.195 e. The lowest BCUT2D eigenvalue weighted by atomic mass is 10.5. The number of rotatable bonds is 0. The largest absolute Gasteiger partial charge is 0.241 e. The van der Waals surface area contributed by atoms with Gasteiger partial charge in [0, 0.05) is 28.7 Å². The highest BCUT2D eigenvalue weighted by Gasteiger charge is 1.99. The van der Waals surface area contributed by atoms with Gasteiger partial charge in [0.1, 0.15) is 7.05 Å². The highest BCUT2D eigenvalue weighted by molar-refractivity contribution is 14.1. The zero-order chi connectivity index (χ0) is 6.85. The summed E-state index contributed by atoms with van der Waals surface area (Å²) < 4.78 is 4.63. The molecule has 0 aliphatic heterocycles. The Morgan fingerprint density at radius 2 is 2.00 bits per heavy atom. The first-order valence-electron chi connectivity index (χ1n) is 2.51. The summed E-state index contributed by atoms with van der Waals surface area (Å²) >= 11 is 4.60. The predicted octanol–water partition coefficient (Wildman–Crippen LogP) is 1.72. The van der Waals surface area contributed by atoms with Gasteiger partial charge in [-0.25, -0.2) is 0 Å². The van der Waals surface area contributed by atoms with Gasteiger partial charge in [0.05, 0.1) is 3.57 Å². The smallest absolute Gasteiger partial charge is 0.195 e. The number of hydrogen-bond acceptors (Lipinski definition) is 0.